The maximum atomic E-state index is 13.6. The molecule has 37 heavy (non-hydrogen) atoms. The second-order valence-corrected chi connectivity index (χ2v) is 10.7. The van der Waals surface area contributed by atoms with Gasteiger partial charge in [0.15, 0.2) is 0 Å². The van der Waals surface area contributed by atoms with E-state index in [4.69, 9.17) is 4.74 Å². The predicted molar refractivity (Wildman–Crippen MR) is 136 cm³/mol. The molecule has 4 rings (SSSR count). The molecule has 0 atom stereocenters. The van der Waals surface area contributed by atoms with Crippen molar-refractivity contribution < 1.29 is 27.5 Å². The van der Waals surface area contributed by atoms with E-state index < -0.39 is 29.3 Å². The summed E-state index contributed by atoms with van der Waals surface area (Å²) >= 11 is 0. The van der Waals surface area contributed by atoms with Crippen LogP contribution in [0, 0.1) is 0 Å². The molecule has 200 valence electrons. The summed E-state index contributed by atoms with van der Waals surface area (Å²) in [6.45, 7) is 9.34. The number of nitrogens with one attached hydrogen (secondary N) is 1. The molecule has 2 amide bonds. The van der Waals surface area contributed by atoms with E-state index in [0.29, 0.717) is 30.8 Å². The van der Waals surface area contributed by atoms with Gasteiger partial charge in [-0.25, -0.2) is 4.79 Å². The zero-order chi connectivity index (χ0) is 27.0. The zero-order valence-electron chi connectivity index (χ0n) is 21.6. The normalized spacial score (nSPS) is 17.0. The van der Waals surface area contributed by atoms with Gasteiger partial charge in [-0.05, 0) is 75.7 Å². The Morgan fingerprint density at radius 3 is 2.32 bits per heavy atom. The molecule has 0 saturated carbocycles. The highest BCUT2D eigenvalue weighted by molar-refractivity contribution is 6.05. The van der Waals surface area contributed by atoms with Gasteiger partial charge >= 0.3 is 12.3 Å². The van der Waals surface area contributed by atoms with Crippen molar-refractivity contribution in [1.29, 1.82) is 0 Å². The lowest BCUT2D eigenvalue weighted by molar-refractivity contribution is -0.137. The average molecular weight is 519 g/mol. The molecule has 2 aliphatic heterocycles. The number of nitrogens with zero attached hydrogens (tertiary/aromatic N) is 3. The third kappa shape index (κ3) is 6.81. The van der Waals surface area contributed by atoms with Gasteiger partial charge in [-0.2, -0.15) is 13.2 Å². The third-order valence-corrected chi connectivity index (χ3v) is 6.44. The molecule has 1 N–H and O–H groups in total. The number of ether oxygens (including phenoxy) is 1. The molecule has 1 saturated heterocycles. The van der Waals surface area contributed by atoms with E-state index >= 15 is 0 Å². The molecule has 2 aromatic rings. The number of alkyl halides is 3. The molecule has 2 aliphatic rings. The molecule has 1 fully saturated rings. The summed E-state index contributed by atoms with van der Waals surface area (Å²) < 4.78 is 46.4. The minimum absolute atomic E-state index is 0.0773. The lowest BCUT2D eigenvalue weighted by Crippen LogP contribution is -2.43. The molecule has 10 heteroatoms. The fourth-order valence-electron chi connectivity index (χ4n) is 4.51. The van der Waals surface area contributed by atoms with Crippen molar-refractivity contribution in [2.24, 2.45) is 0 Å². The third-order valence-electron chi connectivity index (χ3n) is 6.44. The maximum absolute atomic E-state index is 13.6. The number of halogens is 3. The SMILES string of the molecule is CN1CCN(Cc2cc(NC(=O)c3ccc4c(c3)N(C(=O)OC(C)(C)C)CC4)cc(C(F)(F)F)c2)CC1. The molecule has 0 radical (unpaired) electrons. The fourth-order valence-corrected chi connectivity index (χ4v) is 4.51. The Kier molecular flexibility index (Phi) is 7.52. The zero-order valence-corrected chi connectivity index (χ0v) is 21.6. The number of amides is 2. The highest BCUT2D eigenvalue weighted by atomic mass is 19.4. The van der Waals surface area contributed by atoms with Gasteiger partial charge in [0.1, 0.15) is 5.60 Å². The summed E-state index contributed by atoms with van der Waals surface area (Å²) in [5.74, 6) is -0.552. The van der Waals surface area contributed by atoms with Crippen molar-refractivity contribution in [1.82, 2.24) is 9.80 Å². The van der Waals surface area contributed by atoms with Crippen LogP contribution < -0.4 is 10.2 Å². The van der Waals surface area contributed by atoms with Crippen LogP contribution in [0.1, 0.15) is 47.8 Å². The number of piperazine rings is 1. The van der Waals surface area contributed by atoms with E-state index in [1.54, 1.807) is 45.0 Å². The number of benzene rings is 2. The number of anilines is 2. The number of likely N-dealkylation sites (N-methyl/N-ethyl adjacent to an activating group) is 1. The highest BCUT2D eigenvalue weighted by Gasteiger charge is 2.32. The van der Waals surface area contributed by atoms with Gasteiger partial charge in [-0.3, -0.25) is 14.6 Å². The van der Waals surface area contributed by atoms with E-state index in [1.165, 1.54) is 4.90 Å². The molecule has 2 heterocycles. The molecule has 0 bridgehead atoms. The number of fused-ring (bicyclic) bond motifs is 1. The van der Waals surface area contributed by atoms with Crippen molar-refractivity contribution >= 4 is 23.4 Å². The van der Waals surface area contributed by atoms with Crippen LogP contribution in [-0.2, 0) is 23.9 Å². The lowest BCUT2D eigenvalue weighted by Gasteiger charge is -2.32. The summed E-state index contributed by atoms with van der Waals surface area (Å²) in [5, 5.41) is 2.63. The Hall–Kier alpha value is -3.11. The van der Waals surface area contributed by atoms with Crippen molar-refractivity contribution in [2.75, 3.05) is 50.0 Å². The minimum atomic E-state index is -4.54. The summed E-state index contributed by atoms with van der Waals surface area (Å²) in [6.07, 6.45) is -4.42. The summed E-state index contributed by atoms with van der Waals surface area (Å²) in [5.41, 5.74) is 0.803. The van der Waals surface area contributed by atoms with Gasteiger partial charge in [0.05, 0.1) is 11.3 Å². The smallest absolute Gasteiger partial charge is 0.416 e. The van der Waals surface area contributed by atoms with Crippen LogP contribution in [0.5, 0.6) is 0 Å². The first-order valence-electron chi connectivity index (χ1n) is 12.4. The Morgan fingerprint density at radius 2 is 1.68 bits per heavy atom. The minimum Gasteiger partial charge on any atom is -0.443 e. The topological polar surface area (TPSA) is 65.1 Å². The summed E-state index contributed by atoms with van der Waals surface area (Å²) in [6, 6.07) is 8.64. The van der Waals surface area contributed by atoms with E-state index in [0.717, 1.165) is 43.9 Å². The first-order chi connectivity index (χ1) is 17.3. The second-order valence-electron chi connectivity index (χ2n) is 10.7. The van der Waals surface area contributed by atoms with Crippen LogP contribution >= 0.6 is 0 Å². The van der Waals surface area contributed by atoms with E-state index in [1.807, 2.05) is 7.05 Å². The molecule has 0 unspecified atom stereocenters. The molecule has 0 aliphatic carbocycles. The molecule has 7 nitrogen and oxygen atoms in total. The van der Waals surface area contributed by atoms with Gasteiger partial charge in [0.25, 0.3) is 5.91 Å². The lowest BCUT2D eigenvalue weighted by atomic mass is 10.1. The van der Waals surface area contributed by atoms with Crippen LogP contribution in [0.3, 0.4) is 0 Å². The number of hydrogen-bond acceptors (Lipinski definition) is 5. The van der Waals surface area contributed by atoms with Crippen molar-refractivity contribution in [3.63, 3.8) is 0 Å². The highest BCUT2D eigenvalue weighted by Crippen LogP contribution is 2.34. The van der Waals surface area contributed by atoms with Crippen LogP contribution in [0.15, 0.2) is 36.4 Å². The first-order valence-corrected chi connectivity index (χ1v) is 12.4. The van der Waals surface area contributed by atoms with Gasteiger partial charge in [0, 0.05) is 50.5 Å². The molecule has 0 aromatic heterocycles. The fraction of sp³-hybridized carbons (Fsp3) is 0.481. The van der Waals surface area contributed by atoms with Crippen LogP contribution in [0.25, 0.3) is 0 Å². The average Bonchev–Trinajstić information content (AvgIpc) is 3.22. The Labute approximate surface area is 215 Å². The summed E-state index contributed by atoms with van der Waals surface area (Å²) in [7, 11) is 2.01. The van der Waals surface area contributed by atoms with Crippen molar-refractivity contribution in [3.8, 4) is 0 Å². The Balaban J connectivity index is 1.54. The Bertz CT molecular complexity index is 1170. The van der Waals surface area contributed by atoms with Crippen LogP contribution in [0.4, 0.5) is 29.3 Å². The monoisotopic (exact) mass is 518 g/mol. The molecule has 2 aromatic carbocycles. The Morgan fingerprint density at radius 1 is 0.973 bits per heavy atom. The largest absolute Gasteiger partial charge is 0.443 e. The van der Waals surface area contributed by atoms with Crippen LogP contribution in [0.2, 0.25) is 0 Å². The number of carbonyl (C=O) groups excluding carboxylic acids is 2. The van der Waals surface area contributed by atoms with Gasteiger partial charge < -0.3 is 15.0 Å². The van der Waals surface area contributed by atoms with E-state index in [-0.39, 0.29) is 11.3 Å². The number of hydrogen-bond donors (Lipinski definition) is 1. The molecule has 0 spiro atoms. The number of carbonyl (C=O) groups is 2. The predicted octanol–water partition coefficient (Wildman–Crippen LogP) is 5.00. The summed E-state index contributed by atoms with van der Waals surface area (Å²) in [4.78, 5) is 31.5. The molecular weight excluding hydrogens is 485 g/mol. The second kappa shape index (κ2) is 10.3. The van der Waals surface area contributed by atoms with Gasteiger partial charge in [-0.15, -0.1) is 0 Å². The number of rotatable bonds is 4. The van der Waals surface area contributed by atoms with Crippen molar-refractivity contribution in [2.45, 2.75) is 45.5 Å². The first kappa shape index (κ1) is 26.9. The standard InChI is InChI=1S/C27H33F3N4O3/c1-26(2,3)37-25(36)34-8-7-19-5-6-20(15-23(19)34)24(35)31-22-14-18(13-21(16-22)27(28,29)30)17-33-11-9-32(4)10-12-33/h5-6,13-16H,7-12,17H2,1-4H3,(H,31,35). The van der Waals surface area contributed by atoms with E-state index in [9.17, 15) is 22.8 Å². The maximum Gasteiger partial charge on any atom is 0.416 e. The van der Waals surface area contributed by atoms with E-state index in [2.05, 4.69) is 15.1 Å². The van der Waals surface area contributed by atoms with Gasteiger partial charge in [0.2, 0.25) is 0 Å². The molecular formula is C27H33F3N4O3. The van der Waals surface area contributed by atoms with Gasteiger partial charge in [-0.1, -0.05) is 6.07 Å². The van der Waals surface area contributed by atoms with Crippen molar-refractivity contribution in [3.05, 3.63) is 58.7 Å². The quantitative estimate of drug-likeness (QED) is 0.617. The van der Waals surface area contributed by atoms with Crippen LogP contribution in [-0.4, -0.2) is 67.2 Å².